The molecule has 0 radical (unpaired) electrons. The number of carbonyl (C=O) groups excluding carboxylic acids is 1. The normalized spacial score (nSPS) is 17.8. The molecule has 2 fully saturated rings. The summed E-state index contributed by atoms with van der Waals surface area (Å²) in [6, 6.07) is 9.20. The number of hydrogen-bond donors (Lipinski definition) is 0. The van der Waals surface area contributed by atoms with Crippen molar-refractivity contribution in [1.82, 2.24) is 24.3 Å². The van der Waals surface area contributed by atoms with Crippen LogP contribution in [0.2, 0.25) is 0 Å². The molecular formula is C22H27N7O3. The fourth-order valence-electron chi connectivity index (χ4n) is 4.30. The number of fused-ring (bicyclic) bond motifs is 1. The Morgan fingerprint density at radius 1 is 0.938 bits per heavy atom. The van der Waals surface area contributed by atoms with E-state index in [-0.39, 0.29) is 12.5 Å². The number of benzene rings is 1. The summed E-state index contributed by atoms with van der Waals surface area (Å²) < 4.78 is 6.64. The summed E-state index contributed by atoms with van der Waals surface area (Å²) in [5, 5.41) is 0. The van der Waals surface area contributed by atoms with E-state index in [1.54, 1.807) is 29.4 Å². The average Bonchev–Trinajstić information content (AvgIpc) is 3.14. The van der Waals surface area contributed by atoms with Crippen LogP contribution in [-0.2, 0) is 11.3 Å². The molecule has 0 spiro atoms. The summed E-state index contributed by atoms with van der Waals surface area (Å²) in [6.07, 6.45) is 1.62. The highest BCUT2D eigenvalue weighted by atomic mass is 16.4. The molecule has 3 aromatic rings. The number of piperazine rings is 2. The van der Waals surface area contributed by atoms with Gasteiger partial charge in [0, 0.05) is 58.4 Å². The van der Waals surface area contributed by atoms with E-state index in [1.165, 1.54) is 4.57 Å². The van der Waals surface area contributed by atoms with Gasteiger partial charge in [-0.2, -0.15) is 0 Å². The second-order valence-corrected chi connectivity index (χ2v) is 8.31. The zero-order valence-corrected chi connectivity index (χ0v) is 18.2. The summed E-state index contributed by atoms with van der Waals surface area (Å²) >= 11 is 0. The van der Waals surface area contributed by atoms with Crippen LogP contribution in [0.5, 0.6) is 0 Å². The van der Waals surface area contributed by atoms with E-state index in [4.69, 9.17) is 4.42 Å². The van der Waals surface area contributed by atoms with Crippen molar-refractivity contribution in [2.75, 3.05) is 69.2 Å². The van der Waals surface area contributed by atoms with Crippen molar-refractivity contribution in [3.63, 3.8) is 0 Å². The van der Waals surface area contributed by atoms with Crippen molar-refractivity contribution in [1.29, 1.82) is 0 Å². The molecule has 168 valence electrons. The summed E-state index contributed by atoms with van der Waals surface area (Å²) in [7, 11) is 2.13. The number of carbonyl (C=O) groups is 1. The average molecular weight is 438 g/mol. The summed E-state index contributed by atoms with van der Waals surface area (Å²) in [5.74, 6) is 1.25. The van der Waals surface area contributed by atoms with Gasteiger partial charge in [-0.05, 0) is 19.2 Å². The molecular weight excluding hydrogens is 410 g/mol. The minimum Gasteiger partial charge on any atom is -0.408 e. The molecule has 0 atom stereocenters. The molecule has 2 aromatic heterocycles. The number of oxazole rings is 1. The second kappa shape index (κ2) is 8.62. The zero-order chi connectivity index (χ0) is 22.1. The zero-order valence-electron chi connectivity index (χ0n) is 18.2. The Bertz CT molecular complexity index is 1160. The fourth-order valence-corrected chi connectivity index (χ4v) is 4.30. The van der Waals surface area contributed by atoms with Gasteiger partial charge in [-0.3, -0.25) is 9.36 Å². The van der Waals surface area contributed by atoms with Gasteiger partial charge in [-0.25, -0.2) is 14.8 Å². The predicted octanol–water partition coefficient (Wildman–Crippen LogP) is 0.485. The van der Waals surface area contributed by atoms with Gasteiger partial charge < -0.3 is 24.0 Å². The molecule has 10 nitrogen and oxygen atoms in total. The Morgan fingerprint density at radius 2 is 1.56 bits per heavy atom. The first-order valence-corrected chi connectivity index (χ1v) is 10.9. The van der Waals surface area contributed by atoms with E-state index in [9.17, 15) is 9.59 Å². The molecule has 0 N–H and O–H groups in total. The van der Waals surface area contributed by atoms with Crippen LogP contribution in [-0.4, -0.2) is 89.6 Å². The highest BCUT2D eigenvalue weighted by Crippen LogP contribution is 2.20. The third-order valence-corrected chi connectivity index (χ3v) is 6.29. The largest absolute Gasteiger partial charge is 0.420 e. The van der Waals surface area contributed by atoms with E-state index in [1.807, 2.05) is 12.1 Å². The maximum atomic E-state index is 12.9. The van der Waals surface area contributed by atoms with Crippen molar-refractivity contribution in [3.8, 4) is 0 Å². The van der Waals surface area contributed by atoms with Crippen molar-refractivity contribution >= 4 is 28.6 Å². The van der Waals surface area contributed by atoms with Crippen LogP contribution in [0.25, 0.3) is 11.1 Å². The van der Waals surface area contributed by atoms with E-state index < -0.39 is 5.76 Å². The van der Waals surface area contributed by atoms with E-state index in [2.05, 4.69) is 31.7 Å². The van der Waals surface area contributed by atoms with Crippen LogP contribution >= 0.6 is 0 Å². The monoisotopic (exact) mass is 437 g/mol. The van der Waals surface area contributed by atoms with Gasteiger partial charge in [0.25, 0.3) is 0 Å². The second-order valence-electron chi connectivity index (χ2n) is 8.31. The molecule has 0 unspecified atom stereocenters. The number of amides is 1. The van der Waals surface area contributed by atoms with Gasteiger partial charge in [0.05, 0.1) is 5.52 Å². The summed E-state index contributed by atoms with van der Waals surface area (Å²) in [4.78, 5) is 42.6. The van der Waals surface area contributed by atoms with Crippen molar-refractivity contribution in [3.05, 3.63) is 47.2 Å². The molecule has 5 rings (SSSR count). The SMILES string of the molecule is CN1CCN(c2cc(N3CCN(C(=O)Cn4c(=O)oc5ccccc54)CC3)ncn2)CC1. The minimum absolute atomic E-state index is 0.0170. The number of aromatic nitrogens is 3. The molecule has 10 heteroatoms. The number of para-hydroxylation sites is 2. The highest BCUT2D eigenvalue weighted by Gasteiger charge is 2.24. The maximum absolute atomic E-state index is 12.9. The Morgan fingerprint density at radius 3 is 2.25 bits per heavy atom. The molecule has 1 aromatic carbocycles. The van der Waals surface area contributed by atoms with Crippen LogP contribution in [0.3, 0.4) is 0 Å². The Balaban J connectivity index is 1.21. The number of rotatable bonds is 4. The van der Waals surface area contributed by atoms with Crippen LogP contribution in [0.4, 0.5) is 11.6 Å². The first-order chi connectivity index (χ1) is 15.6. The minimum atomic E-state index is -0.504. The fraction of sp³-hybridized carbons (Fsp3) is 0.455. The predicted molar refractivity (Wildman–Crippen MR) is 121 cm³/mol. The Labute approximate surface area is 185 Å². The Kier molecular flexibility index (Phi) is 5.52. The van der Waals surface area contributed by atoms with Gasteiger partial charge in [-0.1, -0.05) is 12.1 Å². The van der Waals surface area contributed by atoms with E-state index >= 15 is 0 Å². The standard InChI is InChI=1S/C22H27N7O3/c1-25-6-8-26(9-7-25)19-14-20(24-16-23-19)27-10-12-28(13-11-27)21(30)15-29-17-4-2-3-5-18(17)32-22(29)31/h2-5,14,16H,6-13,15H2,1H3. The topological polar surface area (TPSA) is 91.0 Å². The highest BCUT2D eigenvalue weighted by molar-refractivity contribution is 5.79. The molecule has 32 heavy (non-hydrogen) atoms. The van der Waals surface area contributed by atoms with E-state index in [0.717, 1.165) is 37.8 Å². The third kappa shape index (κ3) is 4.05. The third-order valence-electron chi connectivity index (χ3n) is 6.29. The van der Waals surface area contributed by atoms with Crippen molar-refractivity contribution in [2.45, 2.75) is 6.54 Å². The number of anilines is 2. The van der Waals surface area contributed by atoms with Crippen LogP contribution in [0.1, 0.15) is 0 Å². The first-order valence-electron chi connectivity index (χ1n) is 10.9. The quantitative estimate of drug-likeness (QED) is 0.582. The maximum Gasteiger partial charge on any atom is 0.420 e. The molecule has 2 aliphatic rings. The molecule has 0 saturated carbocycles. The smallest absolute Gasteiger partial charge is 0.408 e. The lowest BCUT2D eigenvalue weighted by Crippen LogP contribution is -2.50. The summed E-state index contributed by atoms with van der Waals surface area (Å²) in [5.41, 5.74) is 1.14. The van der Waals surface area contributed by atoms with Gasteiger partial charge >= 0.3 is 5.76 Å². The van der Waals surface area contributed by atoms with Gasteiger partial charge in [0.15, 0.2) is 5.58 Å². The lowest BCUT2D eigenvalue weighted by Gasteiger charge is -2.36. The lowest BCUT2D eigenvalue weighted by atomic mass is 10.3. The lowest BCUT2D eigenvalue weighted by molar-refractivity contribution is -0.132. The van der Waals surface area contributed by atoms with Crippen LogP contribution in [0, 0.1) is 0 Å². The van der Waals surface area contributed by atoms with Crippen molar-refractivity contribution < 1.29 is 9.21 Å². The van der Waals surface area contributed by atoms with Gasteiger partial charge in [0.1, 0.15) is 24.5 Å². The van der Waals surface area contributed by atoms with Gasteiger partial charge in [0.2, 0.25) is 5.91 Å². The van der Waals surface area contributed by atoms with Crippen molar-refractivity contribution in [2.24, 2.45) is 0 Å². The van der Waals surface area contributed by atoms with Crippen LogP contribution < -0.4 is 15.6 Å². The first kappa shape index (κ1) is 20.5. The molecule has 4 heterocycles. The Hall–Kier alpha value is -3.40. The summed E-state index contributed by atoms with van der Waals surface area (Å²) in [6.45, 7) is 6.47. The number of hydrogen-bond acceptors (Lipinski definition) is 8. The van der Waals surface area contributed by atoms with E-state index in [0.29, 0.717) is 37.3 Å². The molecule has 2 saturated heterocycles. The molecule has 0 aliphatic carbocycles. The number of nitrogens with zero attached hydrogens (tertiary/aromatic N) is 7. The molecule has 0 bridgehead atoms. The molecule has 2 aliphatic heterocycles. The molecule has 1 amide bonds. The van der Waals surface area contributed by atoms with Crippen LogP contribution in [0.15, 0.2) is 45.9 Å². The number of likely N-dealkylation sites (N-methyl/N-ethyl adjacent to an activating group) is 1. The van der Waals surface area contributed by atoms with Gasteiger partial charge in [-0.15, -0.1) is 0 Å².